The Morgan fingerprint density at radius 3 is 2.38 bits per heavy atom. The first kappa shape index (κ1) is 17.8. The molecule has 1 saturated heterocycles. The first-order valence-corrected chi connectivity index (χ1v) is 7.59. The van der Waals surface area contributed by atoms with Gasteiger partial charge in [-0.1, -0.05) is 0 Å². The van der Waals surface area contributed by atoms with Crippen LogP contribution in [-0.2, 0) is 14.3 Å². The zero-order valence-electron chi connectivity index (χ0n) is 13.7. The minimum atomic E-state index is -0.475. The molecule has 122 valence electrons. The highest BCUT2D eigenvalue weighted by molar-refractivity contribution is 5.76. The first-order valence-electron chi connectivity index (χ1n) is 7.59. The van der Waals surface area contributed by atoms with E-state index in [0.29, 0.717) is 39.3 Å². The number of ether oxygens (including phenoxy) is 2. The van der Waals surface area contributed by atoms with Gasteiger partial charge in [-0.05, 0) is 33.6 Å². The summed E-state index contributed by atoms with van der Waals surface area (Å²) in [6, 6.07) is 0. The van der Waals surface area contributed by atoms with Gasteiger partial charge >= 0.3 is 6.09 Å². The molecule has 2 amide bonds. The molecule has 6 heteroatoms. The molecular weight excluding hydrogens is 272 g/mol. The molecule has 0 saturated carbocycles. The summed E-state index contributed by atoms with van der Waals surface area (Å²) >= 11 is 0. The van der Waals surface area contributed by atoms with E-state index in [1.54, 1.807) is 11.9 Å². The second-order valence-corrected chi connectivity index (χ2v) is 6.35. The minimum Gasteiger partial charge on any atom is -0.444 e. The van der Waals surface area contributed by atoms with Crippen LogP contribution in [0.4, 0.5) is 4.79 Å². The van der Waals surface area contributed by atoms with Crippen LogP contribution in [-0.4, -0.2) is 67.3 Å². The third-order valence-electron chi connectivity index (χ3n) is 3.20. The lowest BCUT2D eigenvalue weighted by atomic mass is 10.2. The lowest BCUT2D eigenvalue weighted by molar-refractivity contribution is -0.135. The van der Waals surface area contributed by atoms with Gasteiger partial charge in [0.2, 0.25) is 5.91 Å². The van der Waals surface area contributed by atoms with E-state index in [4.69, 9.17) is 9.47 Å². The van der Waals surface area contributed by atoms with Crippen molar-refractivity contribution >= 4 is 12.0 Å². The van der Waals surface area contributed by atoms with Crippen molar-refractivity contribution in [2.45, 2.75) is 45.6 Å². The van der Waals surface area contributed by atoms with Crippen LogP contribution < -0.4 is 0 Å². The number of amides is 2. The van der Waals surface area contributed by atoms with Gasteiger partial charge in [-0.3, -0.25) is 4.79 Å². The summed E-state index contributed by atoms with van der Waals surface area (Å²) in [6.45, 7) is 8.79. The standard InChI is InChI=1S/C15H28N2O4/c1-15(2,3)21-14(19)16(4)8-6-5-7-13(18)17-9-11-20-12-10-17/h5-12H2,1-4H3. The molecule has 1 aliphatic rings. The molecule has 1 heterocycles. The van der Waals surface area contributed by atoms with Crippen LogP contribution in [0.25, 0.3) is 0 Å². The van der Waals surface area contributed by atoms with Gasteiger partial charge in [-0.2, -0.15) is 0 Å². The van der Waals surface area contributed by atoms with E-state index in [0.717, 1.165) is 12.8 Å². The predicted octanol–water partition coefficient (Wildman–Crippen LogP) is 1.88. The van der Waals surface area contributed by atoms with E-state index in [9.17, 15) is 9.59 Å². The van der Waals surface area contributed by atoms with Crippen LogP contribution in [0, 0.1) is 0 Å². The highest BCUT2D eigenvalue weighted by Crippen LogP contribution is 2.10. The van der Waals surface area contributed by atoms with Gasteiger partial charge < -0.3 is 19.3 Å². The predicted molar refractivity (Wildman–Crippen MR) is 80.1 cm³/mol. The summed E-state index contributed by atoms with van der Waals surface area (Å²) < 4.78 is 10.5. The highest BCUT2D eigenvalue weighted by atomic mass is 16.6. The normalized spacial score (nSPS) is 15.7. The molecule has 0 atom stereocenters. The molecule has 0 spiro atoms. The molecule has 1 rings (SSSR count). The van der Waals surface area contributed by atoms with E-state index in [-0.39, 0.29) is 12.0 Å². The summed E-state index contributed by atoms with van der Waals surface area (Å²) in [5, 5.41) is 0. The SMILES string of the molecule is CN(CCCCC(=O)N1CCOCC1)C(=O)OC(C)(C)C. The zero-order chi connectivity index (χ0) is 15.9. The molecule has 0 aromatic carbocycles. The average molecular weight is 300 g/mol. The van der Waals surface area contributed by atoms with Gasteiger partial charge in [0, 0.05) is 33.1 Å². The third kappa shape index (κ3) is 7.32. The van der Waals surface area contributed by atoms with Crippen LogP contribution in [0.3, 0.4) is 0 Å². The largest absolute Gasteiger partial charge is 0.444 e. The maximum atomic E-state index is 11.9. The summed E-state index contributed by atoms with van der Waals surface area (Å²) in [5.41, 5.74) is -0.475. The van der Waals surface area contributed by atoms with E-state index in [1.807, 2.05) is 25.7 Å². The minimum absolute atomic E-state index is 0.179. The quantitative estimate of drug-likeness (QED) is 0.727. The van der Waals surface area contributed by atoms with Gasteiger partial charge in [0.15, 0.2) is 0 Å². The van der Waals surface area contributed by atoms with Gasteiger partial charge in [0.25, 0.3) is 0 Å². The summed E-state index contributed by atoms with van der Waals surface area (Å²) in [6.07, 6.45) is 1.79. The number of hydrogen-bond donors (Lipinski definition) is 0. The van der Waals surface area contributed by atoms with Gasteiger partial charge in [0.05, 0.1) is 13.2 Å². The Hall–Kier alpha value is -1.30. The summed E-state index contributed by atoms with van der Waals surface area (Å²) in [7, 11) is 1.72. The van der Waals surface area contributed by atoms with E-state index in [1.165, 1.54) is 0 Å². The van der Waals surface area contributed by atoms with Crippen molar-refractivity contribution in [1.29, 1.82) is 0 Å². The average Bonchev–Trinajstić information content (AvgIpc) is 2.42. The van der Waals surface area contributed by atoms with Gasteiger partial charge in [0.1, 0.15) is 5.60 Å². The molecule has 1 fully saturated rings. The monoisotopic (exact) mass is 300 g/mol. The van der Waals surface area contributed by atoms with E-state index >= 15 is 0 Å². The topological polar surface area (TPSA) is 59.1 Å². The number of unbranched alkanes of at least 4 members (excludes halogenated alkanes) is 1. The van der Waals surface area contributed by atoms with Crippen molar-refractivity contribution < 1.29 is 19.1 Å². The van der Waals surface area contributed by atoms with Crippen molar-refractivity contribution in [3.05, 3.63) is 0 Å². The number of carbonyl (C=O) groups is 2. The molecule has 0 aromatic heterocycles. The molecular formula is C15H28N2O4. The Morgan fingerprint density at radius 2 is 1.81 bits per heavy atom. The fourth-order valence-electron chi connectivity index (χ4n) is 2.03. The first-order chi connectivity index (χ1) is 9.79. The van der Waals surface area contributed by atoms with Gasteiger partial charge in [-0.25, -0.2) is 4.79 Å². The Balaban J connectivity index is 2.15. The fraction of sp³-hybridized carbons (Fsp3) is 0.867. The molecule has 0 unspecified atom stereocenters. The van der Waals surface area contributed by atoms with Crippen LogP contribution in [0.1, 0.15) is 40.0 Å². The van der Waals surface area contributed by atoms with Crippen molar-refractivity contribution in [1.82, 2.24) is 9.80 Å². The fourth-order valence-corrected chi connectivity index (χ4v) is 2.03. The smallest absolute Gasteiger partial charge is 0.410 e. The molecule has 6 nitrogen and oxygen atoms in total. The lowest BCUT2D eigenvalue weighted by Crippen LogP contribution is -2.40. The Morgan fingerprint density at radius 1 is 1.19 bits per heavy atom. The van der Waals surface area contributed by atoms with Gasteiger partial charge in [-0.15, -0.1) is 0 Å². The number of rotatable bonds is 5. The molecule has 21 heavy (non-hydrogen) atoms. The third-order valence-corrected chi connectivity index (χ3v) is 3.20. The number of nitrogens with zero attached hydrogens (tertiary/aromatic N) is 2. The maximum absolute atomic E-state index is 11.9. The zero-order valence-corrected chi connectivity index (χ0v) is 13.7. The number of hydrogen-bond acceptors (Lipinski definition) is 4. The molecule has 0 bridgehead atoms. The van der Waals surface area contributed by atoms with Crippen molar-refractivity contribution in [2.24, 2.45) is 0 Å². The summed E-state index contributed by atoms with van der Waals surface area (Å²) in [5.74, 6) is 0.179. The number of carbonyl (C=O) groups excluding carboxylic acids is 2. The Labute approximate surface area is 127 Å². The summed E-state index contributed by atoms with van der Waals surface area (Å²) in [4.78, 5) is 27.1. The van der Waals surface area contributed by atoms with Crippen molar-refractivity contribution in [2.75, 3.05) is 39.9 Å². The van der Waals surface area contributed by atoms with E-state index in [2.05, 4.69) is 0 Å². The molecule has 0 radical (unpaired) electrons. The van der Waals surface area contributed by atoms with Crippen molar-refractivity contribution in [3.8, 4) is 0 Å². The van der Waals surface area contributed by atoms with Crippen LogP contribution in [0.5, 0.6) is 0 Å². The van der Waals surface area contributed by atoms with Crippen molar-refractivity contribution in [3.63, 3.8) is 0 Å². The molecule has 0 N–H and O–H groups in total. The second-order valence-electron chi connectivity index (χ2n) is 6.35. The lowest BCUT2D eigenvalue weighted by Gasteiger charge is -2.27. The van der Waals surface area contributed by atoms with Crippen LogP contribution in [0.2, 0.25) is 0 Å². The molecule has 0 aromatic rings. The Bertz CT molecular complexity index is 346. The second kappa shape index (κ2) is 8.22. The molecule has 0 aliphatic carbocycles. The van der Waals surface area contributed by atoms with Crippen LogP contribution >= 0.6 is 0 Å². The van der Waals surface area contributed by atoms with Crippen LogP contribution in [0.15, 0.2) is 0 Å². The Kier molecular flexibility index (Phi) is 6.95. The van der Waals surface area contributed by atoms with E-state index < -0.39 is 5.60 Å². The molecule has 1 aliphatic heterocycles. The highest BCUT2D eigenvalue weighted by Gasteiger charge is 2.20. The number of morpholine rings is 1. The maximum Gasteiger partial charge on any atom is 0.410 e.